The van der Waals surface area contributed by atoms with Crippen LogP contribution in [0.25, 0.3) is 0 Å². The zero-order valence-corrected chi connectivity index (χ0v) is 14.5. The summed E-state index contributed by atoms with van der Waals surface area (Å²) in [6.45, 7) is 8.37. The summed E-state index contributed by atoms with van der Waals surface area (Å²) in [5, 5.41) is 5.60. The maximum atomic E-state index is 12.6. The van der Waals surface area contributed by atoms with Crippen molar-refractivity contribution in [1.82, 2.24) is 9.80 Å². The number of nitrogens with one attached hydrogen (secondary N) is 2. The molecule has 7 heteroatoms. The summed E-state index contributed by atoms with van der Waals surface area (Å²) in [7, 11) is 0. The third-order valence-corrected chi connectivity index (χ3v) is 4.13. The first kappa shape index (κ1) is 17.8. The molecule has 2 rings (SSSR count). The summed E-state index contributed by atoms with van der Waals surface area (Å²) in [6.07, 6.45) is 0. The van der Waals surface area contributed by atoms with Crippen LogP contribution in [0.5, 0.6) is 0 Å². The van der Waals surface area contributed by atoms with Gasteiger partial charge in [0.25, 0.3) is 0 Å². The van der Waals surface area contributed by atoms with Gasteiger partial charge in [-0.2, -0.15) is 0 Å². The Labute approximate surface area is 142 Å². The molecule has 1 aromatic carbocycles. The van der Waals surface area contributed by atoms with Gasteiger partial charge in [-0.3, -0.25) is 9.59 Å². The average molecular weight is 332 g/mol. The van der Waals surface area contributed by atoms with Gasteiger partial charge < -0.3 is 20.4 Å². The number of urea groups is 1. The lowest BCUT2D eigenvalue weighted by molar-refractivity contribution is -0.131. The third kappa shape index (κ3) is 4.24. The molecule has 1 aliphatic rings. The van der Waals surface area contributed by atoms with Crippen molar-refractivity contribution >= 4 is 29.2 Å². The van der Waals surface area contributed by atoms with E-state index in [2.05, 4.69) is 10.6 Å². The molecule has 1 atom stereocenters. The SMILES string of the molecule is CC(=O)Nc1ccc(C)c(NC(=O)N2CCN(C(C)=O)C[C@H]2C)c1. The molecule has 1 aliphatic heterocycles. The molecule has 4 amide bonds. The van der Waals surface area contributed by atoms with Crippen LogP contribution in [0.3, 0.4) is 0 Å². The highest BCUT2D eigenvalue weighted by Gasteiger charge is 2.28. The van der Waals surface area contributed by atoms with Crippen molar-refractivity contribution in [3.8, 4) is 0 Å². The van der Waals surface area contributed by atoms with Crippen LogP contribution >= 0.6 is 0 Å². The molecule has 1 saturated heterocycles. The quantitative estimate of drug-likeness (QED) is 0.869. The second-order valence-corrected chi connectivity index (χ2v) is 6.15. The van der Waals surface area contributed by atoms with Crippen molar-refractivity contribution in [2.45, 2.75) is 33.7 Å². The summed E-state index contributed by atoms with van der Waals surface area (Å²) in [4.78, 5) is 38.7. The van der Waals surface area contributed by atoms with E-state index >= 15 is 0 Å². The molecule has 0 aliphatic carbocycles. The summed E-state index contributed by atoms with van der Waals surface area (Å²) < 4.78 is 0. The van der Waals surface area contributed by atoms with Crippen LogP contribution in [0.15, 0.2) is 18.2 Å². The molecule has 0 bridgehead atoms. The number of amides is 4. The fourth-order valence-electron chi connectivity index (χ4n) is 2.77. The van der Waals surface area contributed by atoms with E-state index in [4.69, 9.17) is 0 Å². The maximum Gasteiger partial charge on any atom is 0.322 e. The summed E-state index contributed by atoms with van der Waals surface area (Å²) in [5.41, 5.74) is 2.21. The van der Waals surface area contributed by atoms with E-state index in [1.807, 2.05) is 19.9 Å². The minimum absolute atomic E-state index is 0.0285. The number of rotatable bonds is 2. The molecule has 1 fully saturated rings. The van der Waals surface area contributed by atoms with E-state index in [-0.39, 0.29) is 23.9 Å². The summed E-state index contributed by atoms with van der Waals surface area (Å²) >= 11 is 0. The number of hydrogen-bond acceptors (Lipinski definition) is 3. The molecule has 1 heterocycles. The topological polar surface area (TPSA) is 81.8 Å². The largest absolute Gasteiger partial charge is 0.339 e. The molecule has 0 saturated carbocycles. The van der Waals surface area contributed by atoms with E-state index in [9.17, 15) is 14.4 Å². The molecule has 1 aromatic rings. The van der Waals surface area contributed by atoms with E-state index < -0.39 is 0 Å². The number of hydrogen-bond donors (Lipinski definition) is 2. The molecule has 0 unspecified atom stereocenters. The number of carbonyl (C=O) groups is 3. The summed E-state index contributed by atoms with van der Waals surface area (Å²) in [5.74, 6) is -0.133. The molecule has 0 radical (unpaired) electrons. The van der Waals surface area contributed by atoms with Crippen molar-refractivity contribution in [2.24, 2.45) is 0 Å². The van der Waals surface area contributed by atoms with Gasteiger partial charge in [-0.15, -0.1) is 0 Å². The molecule has 130 valence electrons. The molecule has 7 nitrogen and oxygen atoms in total. The Balaban J connectivity index is 2.07. The lowest BCUT2D eigenvalue weighted by atomic mass is 10.1. The Bertz CT molecular complexity index is 659. The van der Waals surface area contributed by atoms with E-state index in [0.29, 0.717) is 31.0 Å². The van der Waals surface area contributed by atoms with Crippen LogP contribution < -0.4 is 10.6 Å². The zero-order valence-electron chi connectivity index (χ0n) is 14.5. The Morgan fingerprint density at radius 2 is 1.83 bits per heavy atom. The first-order valence-electron chi connectivity index (χ1n) is 7.99. The number of nitrogens with zero attached hydrogens (tertiary/aromatic N) is 2. The van der Waals surface area contributed by atoms with Crippen LogP contribution in [0, 0.1) is 6.92 Å². The fraction of sp³-hybridized carbons (Fsp3) is 0.471. The van der Waals surface area contributed by atoms with Gasteiger partial charge in [-0.05, 0) is 31.5 Å². The second kappa shape index (κ2) is 7.33. The highest BCUT2D eigenvalue weighted by Crippen LogP contribution is 2.21. The minimum Gasteiger partial charge on any atom is -0.339 e. The molecule has 2 N–H and O–H groups in total. The van der Waals surface area contributed by atoms with Crippen LogP contribution in [-0.2, 0) is 9.59 Å². The molecular formula is C17H24N4O3. The first-order chi connectivity index (χ1) is 11.3. The number of anilines is 2. The first-order valence-corrected chi connectivity index (χ1v) is 7.99. The number of benzene rings is 1. The smallest absolute Gasteiger partial charge is 0.322 e. The van der Waals surface area contributed by atoms with Gasteiger partial charge in [-0.25, -0.2) is 4.79 Å². The Morgan fingerprint density at radius 1 is 1.12 bits per heavy atom. The number of piperazine rings is 1. The fourth-order valence-corrected chi connectivity index (χ4v) is 2.77. The van der Waals surface area contributed by atoms with Gasteiger partial charge >= 0.3 is 6.03 Å². The second-order valence-electron chi connectivity index (χ2n) is 6.15. The van der Waals surface area contributed by atoms with Crippen molar-refractivity contribution in [3.63, 3.8) is 0 Å². The van der Waals surface area contributed by atoms with Crippen molar-refractivity contribution < 1.29 is 14.4 Å². The Kier molecular flexibility index (Phi) is 5.43. The Morgan fingerprint density at radius 3 is 2.42 bits per heavy atom. The van der Waals surface area contributed by atoms with E-state index in [1.54, 1.807) is 28.9 Å². The third-order valence-electron chi connectivity index (χ3n) is 4.13. The monoisotopic (exact) mass is 332 g/mol. The van der Waals surface area contributed by atoms with Crippen molar-refractivity contribution in [1.29, 1.82) is 0 Å². The van der Waals surface area contributed by atoms with Crippen LogP contribution in [-0.4, -0.2) is 53.3 Å². The van der Waals surface area contributed by atoms with Crippen molar-refractivity contribution in [3.05, 3.63) is 23.8 Å². The average Bonchev–Trinajstić information content (AvgIpc) is 2.49. The molecule has 0 spiro atoms. The highest BCUT2D eigenvalue weighted by molar-refractivity contribution is 5.93. The van der Waals surface area contributed by atoms with Gasteiger partial charge in [-0.1, -0.05) is 6.07 Å². The Hall–Kier alpha value is -2.57. The molecule has 24 heavy (non-hydrogen) atoms. The number of carbonyl (C=O) groups excluding carboxylic acids is 3. The summed E-state index contributed by atoms with van der Waals surface area (Å²) in [6, 6.07) is 5.12. The molecular weight excluding hydrogens is 308 g/mol. The van der Waals surface area contributed by atoms with Crippen molar-refractivity contribution in [2.75, 3.05) is 30.3 Å². The highest BCUT2D eigenvalue weighted by atomic mass is 16.2. The number of aryl methyl sites for hydroxylation is 1. The van der Waals surface area contributed by atoms with Gasteiger partial charge in [0, 0.05) is 50.9 Å². The predicted octanol–water partition coefficient (Wildman–Crippen LogP) is 2.04. The predicted molar refractivity (Wildman–Crippen MR) is 92.9 cm³/mol. The van der Waals surface area contributed by atoms with Gasteiger partial charge in [0.05, 0.1) is 0 Å². The van der Waals surface area contributed by atoms with Crippen LogP contribution in [0.1, 0.15) is 26.3 Å². The zero-order chi connectivity index (χ0) is 17.9. The van der Waals surface area contributed by atoms with Crippen LogP contribution in [0.2, 0.25) is 0 Å². The van der Waals surface area contributed by atoms with Gasteiger partial charge in [0.2, 0.25) is 11.8 Å². The van der Waals surface area contributed by atoms with Crippen LogP contribution in [0.4, 0.5) is 16.2 Å². The van der Waals surface area contributed by atoms with E-state index in [1.165, 1.54) is 6.92 Å². The van der Waals surface area contributed by atoms with Gasteiger partial charge in [0.15, 0.2) is 0 Å². The normalized spacial score (nSPS) is 17.4. The lowest BCUT2D eigenvalue weighted by Gasteiger charge is -2.39. The standard InChI is InChI=1S/C17H24N4O3/c1-11-5-6-15(18-13(3)22)9-16(11)19-17(24)21-8-7-20(14(4)23)10-12(21)2/h5-6,9,12H,7-8,10H2,1-4H3,(H,18,22)(H,19,24)/t12-/m1/s1. The minimum atomic E-state index is -0.200. The lowest BCUT2D eigenvalue weighted by Crippen LogP contribution is -2.56. The maximum absolute atomic E-state index is 12.6. The van der Waals surface area contributed by atoms with E-state index in [0.717, 1.165) is 5.56 Å². The molecule has 0 aromatic heterocycles. The van der Waals surface area contributed by atoms with Gasteiger partial charge in [0.1, 0.15) is 0 Å².